The number of hydrogen-bond acceptors (Lipinski definition) is 4. The standard InChI is InChI=1S/C19H23N3O3/c1-11(23)14-3-2-4-15(21-14)16(24)22-19-8-12-5-13(9-19)7-18(6-12,10-19)17(20)25/h2-4,12-13H,5-10H2,1H3,(H2,20,25)(H,22,24). The van der Waals surface area contributed by atoms with Crippen LogP contribution >= 0.6 is 0 Å². The molecule has 6 heteroatoms. The van der Waals surface area contributed by atoms with Gasteiger partial charge in [-0.15, -0.1) is 0 Å². The minimum atomic E-state index is -0.466. The molecule has 1 aromatic heterocycles. The molecule has 2 amide bonds. The van der Waals surface area contributed by atoms with Gasteiger partial charge in [0.25, 0.3) is 5.91 Å². The highest BCUT2D eigenvalue weighted by molar-refractivity contribution is 5.96. The van der Waals surface area contributed by atoms with Gasteiger partial charge in [-0.25, -0.2) is 4.98 Å². The lowest BCUT2D eigenvalue weighted by Gasteiger charge is -2.61. The Kier molecular flexibility index (Phi) is 3.49. The van der Waals surface area contributed by atoms with Crippen LogP contribution < -0.4 is 11.1 Å². The Morgan fingerprint density at radius 1 is 1.12 bits per heavy atom. The van der Waals surface area contributed by atoms with Crippen molar-refractivity contribution in [3.8, 4) is 0 Å². The van der Waals surface area contributed by atoms with E-state index in [2.05, 4.69) is 10.3 Å². The quantitative estimate of drug-likeness (QED) is 0.816. The summed E-state index contributed by atoms with van der Waals surface area (Å²) in [4.78, 5) is 40.6. The smallest absolute Gasteiger partial charge is 0.270 e. The molecule has 132 valence electrons. The third kappa shape index (κ3) is 2.64. The highest BCUT2D eigenvalue weighted by atomic mass is 16.2. The van der Waals surface area contributed by atoms with E-state index in [-0.39, 0.29) is 34.5 Å². The lowest BCUT2D eigenvalue weighted by molar-refractivity contribution is -0.146. The Morgan fingerprint density at radius 3 is 2.36 bits per heavy atom. The lowest BCUT2D eigenvalue weighted by Crippen LogP contribution is -2.65. The van der Waals surface area contributed by atoms with Crippen LogP contribution in [0.4, 0.5) is 0 Å². The van der Waals surface area contributed by atoms with Gasteiger partial charge in [-0.1, -0.05) is 6.07 Å². The molecular formula is C19H23N3O3. The van der Waals surface area contributed by atoms with E-state index in [1.165, 1.54) is 6.92 Å². The van der Waals surface area contributed by atoms with Crippen molar-refractivity contribution in [3.63, 3.8) is 0 Å². The van der Waals surface area contributed by atoms with E-state index in [1.54, 1.807) is 18.2 Å². The number of amides is 2. The van der Waals surface area contributed by atoms with Gasteiger partial charge in [-0.2, -0.15) is 0 Å². The molecule has 4 aliphatic rings. The number of aromatic nitrogens is 1. The zero-order chi connectivity index (χ0) is 17.8. The Labute approximate surface area is 146 Å². The Hall–Kier alpha value is -2.24. The van der Waals surface area contributed by atoms with Crippen molar-refractivity contribution < 1.29 is 14.4 Å². The minimum Gasteiger partial charge on any atom is -0.369 e. The average Bonchev–Trinajstić information content (AvgIpc) is 2.53. The first kappa shape index (κ1) is 16.2. The summed E-state index contributed by atoms with van der Waals surface area (Å²) < 4.78 is 0. The van der Waals surface area contributed by atoms with Crippen molar-refractivity contribution in [1.29, 1.82) is 0 Å². The predicted octanol–water partition coefficient (Wildman–Crippen LogP) is 1.84. The topological polar surface area (TPSA) is 102 Å². The molecule has 6 nitrogen and oxygen atoms in total. The number of carbonyl (C=O) groups excluding carboxylic acids is 3. The molecule has 2 atom stereocenters. The van der Waals surface area contributed by atoms with Gasteiger partial charge in [0.05, 0.1) is 5.41 Å². The zero-order valence-electron chi connectivity index (χ0n) is 14.4. The van der Waals surface area contributed by atoms with Gasteiger partial charge in [0.2, 0.25) is 5.91 Å². The molecule has 5 rings (SSSR count). The highest BCUT2D eigenvalue weighted by Gasteiger charge is 2.60. The number of rotatable bonds is 4. The second-order valence-electron chi connectivity index (χ2n) is 8.30. The molecule has 4 fully saturated rings. The summed E-state index contributed by atoms with van der Waals surface area (Å²) in [6, 6.07) is 4.89. The number of carbonyl (C=O) groups is 3. The van der Waals surface area contributed by atoms with Crippen molar-refractivity contribution in [1.82, 2.24) is 10.3 Å². The second kappa shape index (κ2) is 5.38. The number of nitrogens with one attached hydrogen (secondary N) is 1. The fraction of sp³-hybridized carbons (Fsp3) is 0.579. The molecule has 1 aromatic rings. The van der Waals surface area contributed by atoms with Crippen molar-refractivity contribution in [2.75, 3.05) is 0 Å². The van der Waals surface area contributed by atoms with Crippen molar-refractivity contribution in [2.24, 2.45) is 23.0 Å². The Balaban J connectivity index is 1.60. The van der Waals surface area contributed by atoms with Crippen LogP contribution in [0.1, 0.15) is 66.4 Å². The Morgan fingerprint density at radius 2 is 1.76 bits per heavy atom. The van der Waals surface area contributed by atoms with Crippen LogP contribution in [0.25, 0.3) is 0 Å². The monoisotopic (exact) mass is 341 g/mol. The summed E-state index contributed by atoms with van der Waals surface area (Å²) in [5, 5.41) is 3.17. The van der Waals surface area contributed by atoms with E-state index in [0.29, 0.717) is 18.3 Å². The summed E-state index contributed by atoms with van der Waals surface area (Å²) in [7, 11) is 0. The summed E-state index contributed by atoms with van der Waals surface area (Å²) >= 11 is 0. The number of Topliss-reactive ketones (excluding diaryl/α,β-unsaturated/α-hetero) is 1. The van der Waals surface area contributed by atoms with Gasteiger partial charge in [0, 0.05) is 12.5 Å². The molecule has 25 heavy (non-hydrogen) atoms. The lowest BCUT2D eigenvalue weighted by atomic mass is 9.46. The third-order valence-electron chi connectivity index (χ3n) is 6.30. The van der Waals surface area contributed by atoms with E-state index in [1.807, 2.05) is 0 Å². The largest absolute Gasteiger partial charge is 0.369 e. The third-order valence-corrected chi connectivity index (χ3v) is 6.30. The molecule has 2 unspecified atom stereocenters. The van der Waals surface area contributed by atoms with Gasteiger partial charge in [-0.05, 0) is 62.5 Å². The Bertz CT molecular complexity index is 759. The first-order valence-electron chi connectivity index (χ1n) is 8.91. The van der Waals surface area contributed by atoms with Gasteiger partial charge >= 0.3 is 0 Å². The van der Waals surface area contributed by atoms with Gasteiger partial charge in [0.1, 0.15) is 11.4 Å². The average molecular weight is 341 g/mol. The van der Waals surface area contributed by atoms with Gasteiger partial charge < -0.3 is 11.1 Å². The zero-order valence-corrected chi connectivity index (χ0v) is 14.4. The molecule has 3 N–H and O–H groups in total. The number of ketones is 1. The van der Waals surface area contributed by atoms with Crippen molar-refractivity contribution >= 4 is 17.6 Å². The normalized spacial score (nSPS) is 35.4. The van der Waals surface area contributed by atoms with Crippen LogP contribution in [0.2, 0.25) is 0 Å². The fourth-order valence-corrected chi connectivity index (χ4v) is 5.76. The maximum Gasteiger partial charge on any atom is 0.270 e. The van der Waals surface area contributed by atoms with Crippen LogP contribution in [0.15, 0.2) is 18.2 Å². The van der Waals surface area contributed by atoms with Crippen LogP contribution in [-0.4, -0.2) is 28.1 Å². The van der Waals surface area contributed by atoms with E-state index in [9.17, 15) is 14.4 Å². The molecule has 0 aromatic carbocycles. The molecule has 0 spiro atoms. The van der Waals surface area contributed by atoms with Crippen LogP contribution in [0.3, 0.4) is 0 Å². The fourth-order valence-electron chi connectivity index (χ4n) is 5.76. The van der Waals surface area contributed by atoms with E-state index >= 15 is 0 Å². The number of nitrogens with zero attached hydrogens (tertiary/aromatic N) is 1. The van der Waals surface area contributed by atoms with Crippen molar-refractivity contribution in [2.45, 2.75) is 51.0 Å². The van der Waals surface area contributed by atoms with Crippen LogP contribution in [0.5, 0.6) is 0 Å². The first-order valence-corrected chi connectivity index (χ1v) is 8.91. The van der Waals surface area contributed by atoms with E-state index < -0.39 is 5.41 Å². The molecule has 1 heterocycles. The minimum absolute atomic E-state index is 0.169. The molecule has 0 aliphatic heterocycles. The summed E-state index contributed by atoms with van der Waals surface area (Å²) in [5.41, 5.74) is 5.44. The molecule has 0 saturated heterocycles. The van der Waals surface area contributed by atoms with Crippen molar-refractivity contribution in [3.05, 3.63) is 29.6 Å². The summed E-state index contributed by atoms with van der Waals surface area (Å²) in [6.45, 7) is 1.43. The number of pyridine rings is 1. The maximum absolute atomic E-state index is 12.8. The van der Waals surface area contributed by atoms with Crippen LogP contribution in [-0.2, 0) is 4.79 Å². The molecule has 4 aliphatic carbocycles. The SMILES string of the molecule is CC(=O)c1cccc(C(=O)NC23CC4CC(C2)CC(C(N)=O)(C4)C3)n1. The second-order valence-corrected chi connectivity index (χ2v) is 8.30. The van der Waals surface area contributed by atoms with Gasteiger partial charge in [-0.3, -0.25) is 14.4 Å². The first-order chi connectivity index (χ1) is 11.8. The highest BCUT2D eigenvalue weighted by Crippen LogP contribution is 2.61. The summed E-state index contributed by atoms with van der Waals surface area (Å²) in [5.74, 6) is 0.231. The molecular weight excluding hydrogens is 318 g/mol. The number of primary amides is 1. The van der Waals surface area contributed by atoms with Gasteiger partial charge in [0.15, 0.2) is 5.78 Å². The maximum atomic E-state index is 12.8. The predicted molar refractivity (Wildman–Crippen MR) is 90.7 cm³/mol. The number of hydrogen-bond donors (Lipinski definition) is 2. The number of nitrogens with two attached hydrogens (primary N) is 1. The van der Waals surface area contributed by atoms with Crippen LogP contribution in [0, 0.1) is 17.3 Å². The molecule has 0 radical (unpaired) electrons. The molecule has 4 saturated carbocycles. The summed E-state index contributed by atoms with van der Waals surface area (Å²) in [6.07, 6.45) is 5.27. The van der Waals surface area contributed by atoms with E-state index in [0.717, 1.165) is 32.1 Å². The van der Waals surface area contributed by atoms with E-state index in [4.69, 9.17) is 5.73 Å². The molecule has 4 bridgehead atoms.